The van der Waals surface area contributed by atoms with E-state index in [0.29, 0.717) is 24.7 Å². The van der Waals surface area contributed by atoms with Crippen LogP contribution in [0.1, 0.15) is 11.7 Å². The van der Waals surface area contributed by atoms with Gasteiger partial charge in [0, 0.05) is 13.0 Å². The van der Waals surface area contributed by atoms with Crippen molar-refractivity contribution >= 4 is 11.8 Å². The van der Waals surface area contributed by atoms with E-state index < -0.39 is 5.82 Å². The Bertz CT molecular complexity index is 529. The lowest BCUT2D eigenvalue weighted by atomic mass is 10.4. The predicted molar refractivity (Wildman–Crippen MR) is 61.0 cm³/mol. The number of hydrogen-bond donors (Lipinski definition) is 3. The number of nitrogens with zero attached hydrogens (tertiary/aromatic N) is 4. The van der Waals surface area contributed by atoms with Crippen molar-refractivity contribution < 1.29 is 8.91 Å². The van der Waals surface area contributed by atoms with E-state index in [4.69, 9.17) is 10.4 Å². The van der Waals surface area contributed by atoms with Crippen molar-refractivity contribution in [1.82, 2.24) is 20.1 Å². The molecule has 0 saturated carbocycles. The highest BCUT2D eigenvalue weighted by atomic mass is 19.1. The average molecular weight is 253 g/mol. The van der Waals surface area contributed by atoms with Crippen LogP contribution in [-0.4, -0.2) is 26.7 Å². The second kappa shape index (κ2) is 5.36. The van der Waals surface area contributed by atoms with E-state index >= 15 is 0 Å². The first-order chi connectivity index (χ1) is 8.69. The molecule has 0 unspecified atom stereocenters. The van der Waals surface area contributed by atoms with E-state index in [0.717, 1.165) is 6.20 Å². The molecule has 2 heterocycles. The van der Waals surface area contributed by atoms with Gasteiger partial charge in [-0.2, -0.15) is 9.97 Å². The number of aromatic nitrogens is 4. The van der Waals surface area contributed by atoms with Crippen molar-refractivity contribution in [3.8, 4) is 0 Å². The van der Waals surface area contributed by atoms with Crippen LogP contribution < -0.4 is 16.6 Å². The summed E-state index contributed by atoms with van der Waals surface area (Å²) in [6.45, 7) is 2.13. The molecule has 0 aromatic carbocycles. The molecule has 0 saturated heterocycles. The third-order valence-corrected chi connectivity index (χ3v) is 2.07. The third-order valence-electron chi connectivity index (χ3n) is 2.07. The molecule has 0 spiro atoms. The van der Waals surface area contributed by atoms with E-state index in [9.17, 15) is 4.39 Å². The fraction of sp³-hybridized carbons (Fsp3) is 0.333. The molecule has 4 N–H and O–H groups in total. The van der Waals surface area contributed by atoms with Crippen molar-refractivity contribution in [3.63, 3.8) is 0 Å². The third kappa shape index (κ3) is 2.88. The Morgan fingerprint density at radius 1 is 1.44 bits per heavy atom. The van der Waals surface area contributed by atoms with Gasteiger partial charge in [0.05, 0.1) is 6.20 Å². The second-order valence-corrected chi connectivity index (χ2v) is 3.45. The highest BCUT2D eigenvalue weighted by Crippen LogP contribution is 2.11. The summed E-state index contributed by atoms with van der Waals surface area (Å²) >= 11 is 0. The van der Waals surface area contributed by atoms with Gasteiger partial charge in [0.1, 0.15) is 0 Å². The number of rotatable bonds is 5. The number of hydrogen-bond acceptors (Lipinski definition) is 8. The highest BCUT2D eigenvalue weighted by Gasteiger charge is 2.07. The topological polar surface area (TPSA) is 115 Å². The first-order valence-electron chi connectivity index (χ1n) is 5.21. The summed E-state index contributed by atoms with van der Waals surface area (Å²) < 4.78 is 18.2. The Balaban J connectivity index is 1.93. The summed E-state index contributed by atoms with van der Waals surface area (Å²) in [4.78, 5) is 11.5. The van der Waals surface area contributed by atoms with Gasteiger partial charge in [-0.1, -0.05) is 5.16 Å². The number of hydrazine groups is 1. The first kappa shape index (κ1) is 12.2. The SMILES string of the molecule is Cc1noc(CCNc2nc(NN)ncc2F)n1. The van der Waals surface area contributed by atoms with Crippen molar-refractivity contribution in [2.24, 2.45) is 5.84 Å². The summed E-state index contributed by atoms with van der Waals surface area (Å²) in [7, 11) is 0. The summed E-state index contributed by atoms with van der Waals surface area (Å²) in [5, 5.41) is 6.44. The molecule has 8 nitrogen and oxygen atoms in total. The molecule has 96 valence electrons. The van der Waals surface area contributed by atoms with Gasteiger partial charge in [-0.25, -0.2) is 15.2 Å². The zero-order chi connectivity index (χ0) is 13.0. The normalized spacial score (nSPS) is 10.4. The average Bonchev–Trinajstić information content (AvgIpc) is 2.77. The molecule has 2 rings (SSSR count). The fourth-order valence-corrected chi connectivity index (χ4v) is 1.29. The van der Waals surface area contributed by atoms with Crippen LogP contribution in [0.5, 0.6) is 0 Å². The predicted octanol–water partition coefficient (Wildman–Crippen LogP) is 0.247. The maximum Gasteiger partial charge on any atom is 0.239 e. The molecule has 0 atom stereocenters. The van der Waals surface area contributed by atoms with E-state index in [-0.39, 0.29) is 11.8 Å². The molecule has 9 heteroatoms. The highest BCUT2D eigenvalue weighted by molar-refractivity contribution is 5.40. The molecule has 18 heavy (non-hydrogen) atoms. The van der Waals surface area contributed by atoms with Crippen molar-refractivity contribution in [3.05, 3.63) is 23.7 Å². The van der Waals surface area contributed by atoms with E-state index in [1.54, 1.807) is 6.92 Å². The lowest BCUT2D eigenvalue weighted by molar-refractivity contribution is 0.377. The molecular weight excluding hydrogens is 241 g/mol. The van der Waals surface area contributed by atoms with Gasteiger partial charge in [0.15, 0.2) is 17.5 Å². The van der Waals surface area contributed by atoms with Crippen molar-refractivity contribution in [2.45, 2.75) is 13.3 Å². The Morgan fingerprint density at radius 3 is 2.94 bits per heavy atom. The monoisotopic (exact) mass is 253 g/mol. The maximum atomic E-state index is 13.3. The number of anilines is 2. The summed E-state index contributed by atoms with van der Waals surface area (Å²) in [6.07, 6.45) is 1.50. The van der Waals surface area contributed by atoms with Gasteiger partial charge < -0.3 is 9.84 Å². The van der Waals surface area contributed by atoms with Crippen LogP contribution in [0.15, 0.2) is 10.7 Å². The number of nitrogens with one attached hydrogen (secondary N) is 2. The standard InChI is InChI=1S/C9H12FN7O/c1-5-14-7(18-17-5)2-3-12-8-6(10)4-13-9(15-8)16-11/h4H,2-3,11H2,1H3,(H2,12,13,15,16). The summed E-state index contributed by atoms with van der Waals surface area (Å²) in [5.41, 5.74) is 2.24. The number of nitrogen functional groups attached to an aromatic ring is 1. The van der Waals surface area contributed by atoms with Crippen LogP contribution in [0.25, 0.3) is 0 Å². The Labute approximate surface area is 102 Å². The fourth-order valence-electron chi connectivity index (χ4n) is 1.29. The van der Waals surface area contributed by atoms with Gasteiger partial charge in [-0.15, -0.1) is 0 Å². The minimum atomic E-state index is -0.560. The Hall–Kier alpha value is -2.29. The van der Waals surface area contributed by atoms with Gasteiger partial charge in [0.2, 0.25) is 11.8 Å². The first-order valence-corrected chi connectivity index (χ1v) is 5.21. The number of aryl methyl sites for hydroxylation is 1. The van der Waals surface area contributed by atoms with Gasteiger partial charge >= 0.3 is 0 Å². The van der Waals surface area contributed by atoms with Gasteiger partial charge in [-0.3, -0.25) is 5.43 Å². The summed E-state index contributed by atoms with van der Waals surface area (Å²) in [6, 6.07) is 0. The zero-order valence-corrected chi connectivity index (χ0v) is 9.64. The van der Waals surface area contributed by atoms with Crippen LogP contribution in [0.2, 0.25) is 0 Å². The van der Waals surface area contributed by atoms with Gasteiger partial charge in [0.25, 0.3) is 0 Å². The minimum absolute atomic E-state index is 0.0641. The molecular formula is C9H12FN7O. The van der Waals surface area contributed by atoms with Crippen molar-refractivity contribution in [1.29, 1.82) is 0 Å². The van der Waals surface area contributed by atoms with Crippen LogP contribution in [-0.2, 0) is 6.42 Å². The second-order valence-electron chi connectivity index (χ2n) is 3.45. The Kier molecular flexibility index (Phi) is 3.63. The number of halogens is 1. The molecule has 2 aromatic rings. The van der Waals surface area contributed by atoms with Crippen LogP contribution in [0.4, 0.5) is 16.2 Å². The van der Waals surface area contributed by atoms with Crippen LogP contribution in [0.3, 0.4) is 0 Å². The lowest BCUT2D eigenvalue weighted by Crippen LogP contribution is -2.14. The Morgan fingerprint density at radius 2 is 2.28 bits per heavy atom. The molecule has 0 amide bonds. The maximum absolute atomic E-state index is 13.3. The molecule has 0 aliphatic heterocycles. The smallest absolute Gasteiger partial charge is 0.239 e. The molecule has 0 radical (unpaired) electrons. The molecule has 0 aliphatic carbocycles. The van der Waals surface area contributed by atoms with Crippen molar-refractivity contribution in [2.75, 3.05) is 17.3 Å². The zero-order valence-electron chi connectivity index (χ0n) is 9.64. The van der Waals surface area contributed by atoms with Crippen LogP contribution in [0, 0.1) is 12.7 Å². The molecule has 0 fully saturated rings. The van der Waals surface area contributed by atoms with E-state index in [1.165, 1.54) is 0 Å². The van der Waals surface area contributed by atoms with E-state index in [1.807, 2.05) is 0 Å². The van der Waals surface area contributed by atoms with Crippen LogP contribution >= 0.6 is 0 Å². The lowest BCUT2D eigenvalue weighted by Gasteiger charge is -2.06. The van der Waals surface area contributed by atoms with E-state index in [2.05, 4.69) is 30.9 Å². The quantitative estimate of drug-likeness (QED) is 0.513. The minimum Gasteiger partial charge on any atom is -0.367 e. The molecule has 0 aliphatic rings. The molecule has 0 bridgehead atoms. The molecule has 2 aromatic heterocycles. The largest absolute Gasteiger partial charge is 0.367 e. The summed E-state index contributed by atoms with van der Waals surface area (Å²) in [5.74, 6) is 5.81. The van der Waals surface area contributed by atoms with Gasteiger partial charge in [-0.05, 0) is 6.92 Å². The number of nitrogens with two attached hydrogens (primary N) is 1.